The molecule has 0 spiro atoms. The third-order valence-corrected chi connectivity index (χ3v) is 17.7. The molecule has 0 fully saturated rings. The van der Waals surface area contributed by atoms with Gasteiger partial charge in [-0.2, -0.15) is 0 Å². The predicted octanol–water partition coefficient (Wildman–Crippen LogP) is 4.80. The van der Waals surface area contributed by atoms with Crippen LogP contribution in [0.25, 0.3) is 11.1 Å². The summed E-state index contributed by atoms with van der Waals surface area (Å²) in [5.41, 5.74) is 15.9. The van der Waals surface area contributed by atoms with E-state index in [-0.39, 0.29) is 35.6 Å². The Kier molecular flexibility index (Phi) is 11.1. The van der Waals surface area contributed by atoms with Gasteiger partial charge >= 0.3 is 280 Å². The van der Waals surface area contributed by atoms with E-state index in [2.05, 4.69) is 141 Å². The van der Waals surface area contributed by atoms with Crippen LogP contribution in [0.3, 0.4) is 0 Å². The molecule has 6 rings (SSSR count). The molecule has 238 valence electrons. The summed E-state index contributed by atoms with van der Waals surface area (Å²) in [5, 5.41) is 0.802. The van der Waals surface area contributed by atoms with Crippen LogP contribution in [0, 0.1) is 20.8 Å². The maximum absolute atomic E-state index is 6.73. The number of allylic oxidation sites excluding steroid dienone is 4. The van der Waals surface area contributed by atoms with Gasteiger partial charge in [-0.25, -0.2) is 0 Å². The van der Waals surface area contributed by atoms with E-state index in [9.17, 15) is 0 Å². The van der Waals surface area contributed by atoms with Crippen LogP contribution in [-0.4, -0.2) is 3.21 Å². The zero-order chi connectivity index (χ0) is 31.6. The van der Waals surface area contributed by atoms with E-state index in [1.807, 2.05) is 6.07 Å². The van der Waals surface area contributed by atoms with Crippen molar-refractivity contribution in [1.82, 2.24) is 0 Å². The standard InChI is InChI=1S/C23H29.C14H11Cl.C5H5.2ClH.Zr/c1-14-9-16-11-17-10-15(2)21(23(6,7)8)13-19(17)18(16)12-20(14)22(3,4)5;1-11-5-7-12(8-6-11)9-13-3-2-4-14(15)10-13;1-2-4-5-3-1;;;/h9,12-13H,11H2,1-8H3;2-8,10H,1H3;1-3H,4H2;2*1H;/q;;;;;+2/p-2. The van der Waals surface area contributed by atoms with Crippen LogP contribution in [0.5, 0.6) is 0 Å². The molecular formula is C42H45Cl3Zr. The summed E-state index contributed by atoms with van der Waals surface area (Å²) >= 11 is 3.91. The second kappa shape index (κ2) is 13.8. The van der Waals surface area contributed by atoms with E-state index < -0.39 is 21.3 Å². The Hall–Kier alpha value is -2.02. The topological polar surface area (TPSA) is 0 Å². The summed E-state index contributed by atoms with van der Waals surface area (Å²) in [7, 11) is 0. The van der Waals surface area contributed by atoms with Crippen LogP contribution in [0.1, 0.15) is 98.0 Å². The van der Waals surface area contributed by atoms with Gasteiger partial charge in [0.15, 0.2) is 0 Å². The van der Waals surface area contributed by atoms with Gasteiger partial charge in [0.2, 0.25) is 0 Å². The minimum atomic E-state index is -2.82. The van der Waals surface area contributed by atoms with E-state index in [1.165, 1.54) is 58.8 Å². The van der Waals surface area contributed by atoms with Gasteiger partial charge in [-0.1, -0.05) is 0 Å². The van der Waals surface area contributed by atoms with Crippen molar-refractivity contribution in [3.8, 4) is 11.1 Å². The van der Waals surface area contributed by atoms with E-state index in [0.29, 0.717) is 0 Å². The average Bonchev–Trinajstić information content (AvgIpc) is 3.59. The quantitative estimate of drug-likeness (QED) is 0.248. The minimum absolute atomic E-state index is 0. The maximum Gasteiger partial charge on any atom is -1.00 e. The third-order valence-electron chi connectivity index (χ3n) is 9.46. The second-order valence-electron chi connectivity index (χ2n) is 14.9. The molecule has 2 aliphatic rings. The number of fused-ring (bicyclic) bond motifs is 3. The van der Waals surface area contributed by atoms with Crippen molar-refractivity contribution in [1.29, 1.82) is 0 Å². The number of halogens is 3. The SMILES string of the molecule is Cc1ccc(/[C](c2cccc(Cl)c2)=[Zr+2](\[C]2=CC=CC2)[c]2c(C)c(C(C)(C)C)cc3c2Cc2cc(C)c(C(C)(C)C)cc2-3)cc1.[Cl-].[Cl-]. The molecule has 0 saturated heterocycles. The van der Waals surface area contributed by atoms with Crippen molar-refractivity contribution in [2.75, 3.05) is 0 Å². The fraction of sp³-hybridized carbons (Fsp3) is 0.310. The molecule has 4 aromatic rings. The van der Waals surface area contributed by atoms with Crippen molar-refractivity contribution in [2.45, 2.75) is 86.0 Å². The molecule has 0 bridgehead atoms. The van der Waals surface area contributed by atoms with E-state index >= 15 is 0 Å². The summed E-state index contributed by atoms with van der Waals surface area (Å²) in [6.07, 6.45) is 9.15. The third kappa shape index (κ3) is 6.91. The first-order chi connectivity index (χ1) is 20.7. The number of benzene rings is 4. The van der Waals surface area contributed by atoms with Crippen molar-refractivity contribution in [3.05, 3.63) is 143 Å². The van der Waals surface area contributed by atoms with Crippen molar-refractivity contribution in [2.24, 2.45) is 0 Å². The number of rotatable bonds is 4. The van der Waals surface area contributed by atoms with Crippen molar-refractivity contribution in [3.63, 3.8) is 0 Å². The summed E-state index contributed by atoms with van der Waals surface area (Å²) in [5.74, 6) is 0. The van der Waals surface area contributed by atoms with E-state index in [0.717, 1.165) is 17.9 Å². The molecule has 0 radical (unpaired) electrons. The Bertz CT molecular complexity index is 1890. The normalized spacial score (nSPS) is 13.8. The number of aryl methyl sites for hydroxylation is 2. The first-order valence-electron chi connectivity index (χ1n) is 16.0. The zero-order valence-electron chi connectivity index (χ0n) is 28.6. The summed E-state index contributed by atoms with van der Waals surface area (Å²) in [6, 6.07) is 25.5. The van der Waals surface area contributed by atoms with Crippen LogP contribution in [0.15, 0.2) is 88.2 Å². The predicted molar refractivity (Wildman–Crippen MR) is 189 cm³/mol. The van der Waals surface area contributed by atoms with E-state index in [4.69, 9.17) is 11.6 Å². The molecule has 0 saturated carbocycles. The first-order valence-corrected chi connectivity index (χ1v) is 20.1. The molecule has 4 heteroatoms. The first kappa shape index (κ1) is 36.8. The molecular weight excluding hydrogens is 702 g/mol. The van der Waals surface area contributed by atoms with Gasteiger partial charge in [-0.3, -0.25) is 0 Å². The average molecular weight is 747 g/mol. The fourth-order valence-corrected chi connectivity index (χ4v) is 16.0. The molecule has 0 nitrogen and oxygen atoms in total. The fourth-order valence-electron chi connectivity index (χ4n) is 7.44. The van der Waals surface area contributed by atoms with Gasteiger partial charge in [-0.15, -0.1) is 0 Å². The van der Waals surface area contributed by atoms with Crippen molar-refractivity contribution >= 4 is 18.1 Å². The van der Waals surface area contributed by atoms with Crippen LogP contribution >= 0.6 is 11.6 Å². The van der Waals surface area contributed by atoms with E-state index in [1.54, 1.807) is 12.1 Å². The second-order valence-corrected chi connectivity index (χ2v) is 21.2. The summed E-state index contributed by atoms with van der Waals surface area (Å²) < 4.78 is 4.84. The Morgan fingerprint density at radius 1 is 0.739 bits per heavy atom. The minimum Gasteiger partial charge on any atom is -1.00 e. The molecule has 0 amide bonds. The summed E-state index contributed by atoms with van der Waals surface area (Å²) in [4.78, 5) is 0. The molecule has 2 aliphatic carbocycles. The number of hydrogen-bond acceptors (Lipinski definition) is 0. The molecule has 0 aromatic heterocycles. The van der Waals surface area contributed by atoms with Gasteiger partial charge in [0.05, 0.1) is 0 Å². The molecule has 4 aromatic carbocycles. The molecule has 0 heterocycles. The van der Waals surface area contributed by atoms with Crippen LogP contribution in [0.2, 0.25) is 5.02 Å². The molecule has 0 N–H and O–H groups in total. The zero-order valence-corrected chi connectivity index (χ0v) is 33.4. The monoisotopic (exact) mass is 744 g/mol. The van der Waals surface area contributed by atoms with Crippen LogP contribution in [0.4, 0.5) is 0 Å². The Labute approximate surface area is 302 Å². The Morgan fingerprint density at radius 3 is 1.98 bits per heavy atom. The molecule has 0 aliphatic heterocycles. The smallest absolute Gasteiger partial charge is 1.00 e. The van der Waals surface area contributed by atoms with Crippen molar-refractivity contribution < 1.29 is 46.1 Å². The molecule has 0 atom stereocenters. The van der Waals surface area contributed by atoms with Gasteiger partial charge < -0.3 is 24.8 Å². The van der Waals surface area contributed by atoms with Crippen LogP contribution < -0.4 is 28.1 Å². The Morgan fingerprint density at radius 2 is 1.39 bits per heavy atom. The Balaban J connectivity index is 0.00000240. The molecule has 46 heavy (non-hydrogen) atoms. The maximum atomic E-state index is 6.73. The van der Waals surface area contributed by atoms with Crippen LogP contribution in [-0.2, 0) is 38.5 Å². The number of hydrogen-bond donors (Lipinski definition) is 0. The van der Waals surface area contributed by atoms with Gasteiger partial charge in [0, 0.05) is 0 Å². The van der Waals surface area contributed by atoms with Gasteiger partial charge in [0.25, 0.3) is 0 Å². The molecule has 0 unspecified atom stereocenters. The summed E-state index contributed by atoms with van der Waals surface area (Å²) in [6.45, 7) is 21.1. The van der Waals surface area contributed by atoms with Gasteiger partial charge in [-0.05, 0) is 0 Å². The van der Waals surface area contributed by atoms with Gasteiger partial charge in [0.1, 0.15) is 0 Å². The largest absolute Gasteiger partial charge is 1.00 e.